The van der Waals surface area contributed by atoms with Gasteiger partial charge >= 0.3 is 6.03 Å². The molecule has 3 aliphatic carbocycles. The predicted octanol–water partition coefficient (Wildman–Crippen LogP) is 1.77. The van der Waals surface area contributed by atoms with Gasteiger partial charge in [-0.1, -0.05) is 18.2 Å². The monoisotopic (exact) mass is 325 g/mol. The van der Waals surface area contributed by atoms with Gasteiger partial charge in [-0.05, 0) is 50.4 Å². The molecule has 1 N–H and O–H groups in total. The van der Waals surface area contributed by atoms with E-state index >= 15 is 0 Å². The largest absolute Gasteiger partial charge is 0.341 e. The number of nitrogens with zero attached hydrogens (tertiary/aromatic N) is 2. The predicted molar refractivity (Wildman–Crippen MR) is 91.1 cm³/mol. The number of hydrogen-bond acceptors (Lipinski definition) is 3. The SMILES string of the molecule is CNC(=O)N1c2ccccc2C23CCN(C)C4C(=O)C(CCC42)C13. The van der Waals surface area contributed by atoms with Crippen LogP contribution < -0.4 is 10.2 Å². The standard InChI is InChI=1S/C19H23N3O2/c1-20-18(24)22-14-6-4-3-5-12(14)19-9-10-21(2)15-13(19)8-7-11(16(15)23)17(19)22/h3-6,11,13,15,17H,7-10H2,1-2H3,(H,20,24). The van der Waals surface area contributed by atoms with Crippen LogP contribution in [0.3, 0.4) is 0 Å². The number of ketones is 1. The van der Waals surface area contributed by atoms with E-state index < -0.39 is 0 Å². The molecule has 0 radical (unpaired) electrons. The van der Waals surface area contributed by atoms with Crippen LogP contribution in [-0.4, -0.2) is 49.4 Å². The molecule has 3 saturated carbocycles. The fourth-order valence-electron chi connectivity index (χ4n) is 6.35. The molecule has 5 nitrogen and oxygen atoms in total. The van der Waals surface area contributed by atoms with Crippen molar-refractivity contribution in [1.29, 1.82) is 0 Å². The quantitative estimate of drug-likeness (QED) is 0.791. The highest BCUT2D eigenvalue weighted by Gasteiger charge is 2.70. The Morgan fingerprint density at radius 1 is 1.29 bits per heavy atom. The molecule has 1 saturated heterocycles. The van der Waals surface area contributed by atoms with Crippen LogP contribution in [0.1, 0.15) is 24.8 Å². The molecule has 5 aliphatic rings. The maximum absolute atomic E-state index is 13.2. The van der Waals surface area contributed by atoms with Crippen LogP contribution in [0.15, 0.2) is 24.3 Å². The minimum Gasteiger partial charge on any atom is -0.341 e. The number of anilines is 1. The Hall–Kier alpha value is -1.88. The van der Waals surface area contributed by atoms with Crippen LogP contribution in [0.2, 0.25) is 0 Å². The molecule has 1 spiro atoms. The van der Waals surface area contributed by atoms with E-state index in [0.717, 1.165) is 31.5 Å². The van der Waals surface area contributed by atoms with Gasteiger partial charge < -0.3 is 5.32 Å². The highest BCUT2D eigenvalue weighted by molar-refractivity contribution is 6.00. The van der Waals surface area contributed by atoms with Crippen molar-refractivity contribution in [2.24, 2.45) is 11.8 Å². The molecular weight excluding hydrogens is 302 g/mol. The first kappa shape index (κ1) is 14.5. The van der Waals surface area contributed by atoms with Crippen molar-refractivity contribution in [2.45, 2.75) is 36.8 Å². The molecular formula is C19H23N3O2. The number of likely N-dealkylation sites (tertiary alicyclic amines) is 1. The highest BCUT2D eigenvalue weighted by atomic mass is 16.2. The normalized spacial score (nSPS) is 39.6. The van der Waals surface area contributed by atoms with Crippen LogP contribution in [-0.2, 0) is 10.2 Å². The fraction of sp³-hybridized carbons (Fsp3) is 0.579. The first-order chi connectivity index (χ1) is 11.6. The minimum absolute atomic E-state index is 0.00829. The minimum atomic E-state index is -0.0832. The summed E-state index contributed by atoms with van der Waals surface area (Å²) in [5, 5.41) is 2.80. The van der Waals surface area contributed by atoms with Crippen LogP contribution >= 0.6 is 0 Å². The number of nitrogens with one attached hydrogen (secondary N) is 1. The molecule has 2 amide bonds. The van der Waals surface area contributed by atoms with Crippen LogP contribution in [0.25, 0.3) is 0 Å². The molecule has 4 bridgehead atoms. The maximum atomic E-state index is 13.2. The lowest BCUT2D eigenvalue weighted by Gasteiger charge is -2.62. The second-order valence-corrected chi connectivity index (χ2v) is 7.80. The molecule has 1 aromatic rings. The van der Waals surface area contributed by atoms with E-state index in [1.807, 2.05) is 11.0 Å². The number of carbonyl (C=O) groups excluding carboxylic acids is 2. The van der Waals surface area contributed by atoms with Gasteiger partial charge in [0.2, 0.25) is 0 Å². The molecule has 2 aliphatic heterocycles. The third-order valence-corrected chi connectivity index (χ3v) is 7.13. The van der Waals surface area contributed by atoms with Gasteiger partial charge in [0, 0.05) is 24.1 Å². The lowest BCUT2D eigenvalue weighted by molar-refractivity contribution is -0.150. The number of urea groups is 1. The Morgan fingerprint density at radius 3 is 2.88 bits per heavy atom. The van der Waals surface area contributed by atoms with E-state index in [1.54, 1.807) is 7.05 Å². The maximum Gasteiger partial charge on any atom is 0.321 e. The van der Waals surface area contributed by atoms with Gasteiger partial charge in [0.05, 0.1) is 12.1 Å². The number of fused-ring (bicyclic) bond motifs is 2. The number of hydrogen-bond donors (Lipinski definition) is 1. The number of carbonyl (C=O) groups is 2. The molecule has 4 fully saturated rings. The summed E-state index contributed by atoms with van der Waals surface area (Å²) in [6.07, 6.45) is 3.04. The van der Waals surface area contributed by atoms with Crippen LogP contribution in [0.5, 0.6) is 0 Å². The van der Waals surface area contributed by atoms with Crippen molar-refractivity contribution in [1.82, 2.24) is 10.2 Å². The summed E-state index contributed by atoms with van der Waals surface area (Å²) < 4.78 is 0. The van der Waals surface area contributed by atoms with Crippen molar-refractivity contribution in [2.75, 3.05) is 25.5 Å². The molecule has 126 valence electrons. The Balaban J connectivity index is 1.77. The Kier molecular flexibility index (Phi) is 2.77. The van der Waals surface area contributed by atoms with Crippen molar-refractivity contribution in [3.8, 4) is 0 Å². The Labute approximate surface area is 142 Å². The zero-order valence-electron chi connectivity index (χ0n) is 14.2. The summed E-state index contributed by atoms with van der Waals surface area (Å²) in [6, 6.07) is 8.26. The topological polar surface area (TPSA) is 52.7 Å². The van der Waals surface area contributed by atoms with E-state index in [4.69, 9.17) is 0 Å². The summed E-state index contributed by atoms with van der Waals surface area (Å²) in [6.45, 7) is 0.923. The molecule has 0 aromatic heterocycles. The molecule has 5 atom stereocenters. The van der Waals surface area contributed by atoms with E-state index in [-0.39, 0.29) is 29.4 Å². The lowest BCUT2D eigenvalue weighted by atomic mass is 9.47. The number of Topliss-reactive ketones (excluding diaryl/α,β-unsaturated/α-hetero) is 1. The molecule has 24 heavy (non-hydrogen) atoms. The van der Waals surface area contributed by atoms with Crippen LogP contribution in [0, 0.1) is 11.8 Å². The van der Waals surface area contributed by atoms with E-state index in [9.17, 15) is 9.59 Å². The average molecular weight is 325 g/mol. The first-order valence-corrected chi connectivity index (χ1v) is 8.95. The third kappa shape index (κ3) is 1.41. The number of para-hydroxylation sites is 1. The molecule has 5 heteroatoms. The van der Waals surface area contributed by atoms with Crippen molar-refractivity contribution in [3.05, 3.63) is 29.8 Å². The summed E-state index contributed by atoms with van der Waals surface area (Å²) in [5.41, 5.74) is 2.26. The van der Waals surface area contributed by atoms with Crippen LogP contribution in [0.4, 0.5) is 10.5 Å². The third-order valence-electron chi connectivity index (χ3n) is 7.13. The summed E-state index contributed by atoms with van der Waals surface area (Å²) >= 11 is 0. The molecule has 6 rings (SSSR count). The van der Waals surface area contributed by atoms with Crippen molar-refractivity contribution < 1.29 is 9.59 Å². The van der Waals surface area contributed by atoms with E-state index in [0.29, 0.717) is 11.7 Å². The smallest absolute Gasteiger partial charge is 0.321 e. The van der Waals surface area contributed by atoms with Gasteiger partial charge in [0.15, 0.2) is 5.78 Å². The zero-order chi connectivity index (χ0) is 16.6. The Bertz CT molecular complexity index is 748. The average Bonchev–Trinajstić information content (AvgIpc) is 2.91. The second-order valence-electron chi connectivity index (χ2n) is 7.80. The summed E-state index contributed by atoms with van der Waals surface area (Å²) in [5.74, 6) is 0.651. The van der Waals surface area contributed by atoms with E-state index in [2.05, 4.69) is 35.5 Å². The van der Waals surface area contributed by atoms with Gasteiger partial charge in [0.25, 0.3) is 0 Å². The highest BCUT2D eigenvalue weighted by Crippen LogP contribution is 2.64. The lowest BCUT2D eigenvalue weighted by Crippen LogP contribution is -2.74. The van der Waals surface area contributed by atoms with Crippen molar-refractivity contribution in [3.63, 3.8) is 0 Å². The van der Waals surface area contributed by atoms with Gasteiger partial charge in [0.1, 0.15) is 0 Å². The number of likely N-dealkylation sites (N-methyl/N-ethyl adjacent to an activating group) is 1. The molecule has 2 heterocycles. The number of piperidine rings is 1. The summed E-state index contributed by atoms with van der Waals surface area (Å²) in [4.78, 5) is 30.0. The summed E-state index contributed by atoms with van der Waals surface area (Å²) in [7, 11) is 3.76. The van der Waals surface area contributed by atoms with Gasteiger partial charge in [-0.15, -0.1) is 0 Å². The number of amides is 2. The van der Waals surface area contributed by atoms with Gasteiger partial charge in [-0.25, -0.2) is 4.79 Å². The van der Waals surface area contributed by atoms with E-state index in [1.165, 1.54) is 5.56 Å². The second kappa shape index (κ2) is 4.60. The number of rotatable bonds is 0. The fourth-order valence-corrected chi connectivity index (χ4v) is 6.35. The number of benzene rings is 1. The van der Waals surface area contributed by atoms with Gasteiger partial charge in [-0.2, -0.15) is 0 Å². The van der Waals surface area contributed by atoms with Gasteiger partial charge in [-0.3, -0.25) is 14.6 Å². The molecule has 1 aromatic carbocycles. The zero-order valence-corrected chi connectivity index (χ0v) is 14.2. The Morgan fingerprint density at radius 2 is 2.08 bits per heavy atom. The van der Waals surface area contributed by atoms with Crippen molar-refractivity contribution >= 4 is 17.5 Å². The molecule has 5 unspecified atom stereocenters. The first-order valence-electron chi connectivity index (χ1n) is 8.95.